The van der Waals surface area contributed by atoms with E-state index in [2.05, 4.69) is 0 Å². The summed E-state index contributed by atoms with van der Waals surface area (Å²) < 4.78 is 1.68. The van der Waals surface area contributed by atoms with Crippen molar-refractivity contribution in [2.75, 3.05) is 0 Å². The Kier molecular flexibility index (Phi) is 1.59. The zero-order valence-corrected chi connectivity index (χ0v) is 7.19. The van der Waals surface area contributed by atoms with Gasteiger partial charge in [-0.3, -0.25) is 0 Å². The lowest BCUT2D eigenvalue weighted by Gasteiger charge is -1.97. The minimum atomic E-state index is -0.890. The third-order valence-electron chi connectivity index (χ3n) is 2.17. The monoisotopic (exact) mass is 176 g/mol. The molecular weight excluding hydrogens is 167 g/mol. The molecule has 0 spiro atoms. The van der Waals surface area contributed by atoms with Crippen LogP contribution in [0.5, 0.6) is 0 Å². The van der Waals surface area contributed by atoms with Gasteiger partial charge in [-0.2, -0.15) is 0 Å². The van der Waals surface area contributed by atoms with Gasteiger partial charge in [0.25, 0.3) is 0 Å². The van der Waals surface area contributed by atoms with Crippen LogP contribution in [0.3, 0.4) is 0 Å². The zero-order valence-electron chi connectivity index (χ0n) is 7.19. The maximum Gasteiger partial charge on any atom is 0.352 e. The molecule has 1 heterocycles. The highest BCUT2D eigenvalue weighted by molar-refractivity contribution is 5.94. The van der Waals surface area contributed by atoms with Gasteiger partial charge in [-0.1, -0.05) is 18.2 Å². The number of aromatic nitrogens is 1. The number of benzene rings is 1. The van der Waals surface area contributed by atoms with E-state index in [0.717, 1.165) is 10.9 Å². The van der Waals surface area contributed by atoms with Crippen LogP contribution in [0.4, 0.5) is 0 Å². The molecule has 1 aromatic heterocycles. The van der Waals surface area contributed by atoms with E-state index in [1.807, 2.05) is 24.3 Å². The molecule has 0 radical (unpaired) electrons. The molecule has 0 saturated carbocycles. The van der Waals surface area contributed by atoms with Crippen molar-refractivity contribution in [3.8, 4) is 0 Å². The largest absolute Gasteiger partial charge is 0.477 e. The maximum atomic E-state index is 10.8. The van der Waals surface area contributed by atoms with Crippen molar-refractivity contribution in [2.45, 2.75) is 0 Å². The number of rotatable bonds is 1. The minimum Gasteiger partial charge on any atom is -0.477 e. The summed E-state index contributed by atoms with van der Waals surface area (Å²) in [5, 5.41) is 9.81. The Morgan fingerprint density at radius 2 is 2.08 bits per heavy atom. The molecule has 2 aromatic rings. The van der Waals surface area contributed by atoms with Crippen molar-refractivity contribution < 1.29 is 9.90 Å². The highest BCUT2D eigenvalue weighted by atomic mass is 16.5. The quantitative estimate of drug-likeness (QED) is 0.674. The molecule has 0 aliphatic heterocycles. The van der Waals surface area contributed by atoms with Crippen molar-refractivity contribution in [3.05, 3.63) is 36.0 Å². The average molecular weight is 176 g/mol. The molecule has 3 nitrogen and oxygen atoms in total. The highest BCUT2D eigenvalue weighted by Gasteiger charge is 2.10. The third-order valence-corrected chi connectivity index (χ3v) is 2.17. The lowest BCUT2D eigenvalue weighted by molar-refractivity contribution is 0.0687. The van der Waals surface area contributed by atoms with Gasteiger partial charge in [0.2, 0.25) is 0 Å². The van der Waals surface area contributed by atoms with E-state index in [9.17, 15) is 4.79 Å². The second kappa shape index (κ2) is 2.62. The van der Waals surface area contributed by atoms with Crippen LogP contribution in [0.1, 0.15) is 10.5 Å². The summed E-state index contributed by atoms with van der Waals surface area (Å²) in [7, 11) is 1.76. The third kappa shape index (κ3) is 1.09. The first kappa shape index (κ1) is 7.86. The Morgan fingerprint density at radius 3 is 2.69 bits per heavy atom. The number of carbonyl (C=O) groups is 1. The van der Waals surface area contributed by atoms with Gasteiger partial charge in [-0.25, -0.2) is 4.79 Å². The van der Waals surface area contributed by atoms with E-state index >= 15 is 0 Å². The van der Waals surface area contributed by atoms with Crippen LogP contribution in [0, 0.1) is 0 Å². The van der Waals surface area contributed by atoms with Gasteiger partial charge >= 0.3 is 5.97 Å². The van der Waals surface area contributed by atoms with Gasteiger partial charge in [0.1, 0.15) is 5.69 Å². The Labute approximate surface area is 75.2 Å². The number of hydrogen-bond acceptors (Lipinski definition) is 1. The second-order valence-corrected chi connectivity index (χ2v) is 2.95. The van der Waals surface area contributed by atoms with E-state index in [4.69, 9.17) is 5.11 Å². The maximum absolute atomic E-state index is 10.8. The summed E-state index contributed by atoms with van der Waals surface area (Å²) in [6.45, 7) is 0. The fourth-order valence-electron chi connectivity index (χ4n) is 1.49. The predicted octanol–water partition coefficient (Wildman–Crippen LogP) is 1.88. The molecule has 0 unspecified atom stereocenters. The van der Waals surface area contributed by atoms with Gasteiger partial charge in [-0.05, 0) is 12.1 Å². The Morgan fingerprint density at radius 1 is 1.38 bits per heavy atom. The zero-order chi connectivity index (χ0) is 9.42. The molecule has 0 atom stereocenters. The molecule has 0 saturated heterocycles. The number of carboxylic acid groups (broad SMARTS) is 1. The van der Waals surface area contributed by atoms with Crippen molar-refractivity contribution >= 4 is 16.9 Å². The van der Waals surface area contributed by atoms with Crippen molar-refractivity contribution in [2.24, 2.45) is 7.05 Å². The van der Waals surface area contributed by atoms with Crippen LogP contribution in [0.2, 0.25) is 0 Å². The normalized spacial score (nSPS) is 10.5. The van der Waals surface area contributed by atoms with Crippen LogP contribution >= 0.6 is 0 Å². The van der Waals surface area contributed by atoms with Crippen molar-refractivity contribution in [3.63, 3.8) is 0 Å². The van der Waals surface area contributed by atoms with Gasteiger partial charge in [0.15, 0.2) is 0 Å². The smallest absolute Gasteiger partial charge is 0.352 e. The molecule has 0 bridgehead atoms. The molecule has 1 N–H and O–H groups in total. The first-order valence-corrected chi connectivity index (χ1v) is 3.98. The first-order chi connectivity index (χ1) is 6.20. The number of aryl methyl sites for hydroxylation is 1. The SMILES string of the molecule is Cn1c([13C](=O)O)cc2ccccc21. The van der Waals surface area contributed by atoms with E-state index < -0.39 is 5.97 Å². The molecule has 13 heavy (non-hydrogen) atoms. The Balaban J connectivity index is 2.81. The Hall–Kier alpha value is -1.77. The van der Waals surface area contributed by atoms with Gasteiger partial charge < -0.3 is 9.67 Å². The standard InChI is InChI=1S/C10H9NO2/c1-11-8-5-3-2-4-7(8)6-9(11)10(12)13/h2-6H,1H3,(H,12,13)/i10+1. The van der Waals surface area contributed by atoms with E-state index in [1.54, 1.807) is 17.7 Å². The van der Waals surface area contributed by atoms with E-state index in [1.165, 1.54) is 0 Å². The van der Waals surface area contributed by atoms with Crippen molar-refractivity contribution in [1.82, 2.24) is 4.57 Å². The summed E-state index contributed by atoms with van der Waals surface area (Å²) in [5.74, 6) is -0.890. The van der Waals surface area contributed by atoms with E-state index in [-0.39, 0.29) is 0 Å². The van der Waals surface area contributed by atoms with Crippen LogP contribution in [0.25, 0.3) is 10.9 Å². The lowest BCUT2D eigenvalue weighted by Crippen LogP contribution is -2.03. The molecule has 0 amide bonds. The van der Waals surface area contributed by atoms with Gasteiger partial charge in [0.05, 0.1) is 0 Å². The lowest BCUT2D eigenvalue weighted by atomic mass is 10.2. The minimum absolute atomic E-state index is 0.321. The average Bonchev–Trinajstić information content (AvgIpc) is 2.45. The fourth-order valence-corrected chi connectivity index (χ4v) is 1.49. The molecule has 0 aliphatic rings. The number of nitrogens with zero attached hydrogens (tertiary/aromatic N) is 1. The van der Waals surface area contributed by atoms with Crippen LogP contribution in [0.15, 0.2) is 30.3 Å². The molecule has 0 aliphatic carbocycles. The first-order valence-electron chi connectivity index (χ1n) is 3.98. The Bertz CT molecular complexity index is 471. The number of fused-ring (bicyclic) bond motifs is 1. The number of carboxylic acids is 1. The number of aromatic carboxylic acids is 1. The van der Waals surface area contributed by atoms with Gasteiger partial charge in [-0.15, -0.1) is 0 Å². The van der Waals surface area contributed by atoms with Crippen LogP contribution < -0.4 is 0 Å². The molecule has 0 fully saturated rings. The molecule has 1 aromatic carbocycles. The summed E-state index contributed by atoms with van der Waals surface area (Å²) in [6, 6.07) is 9.28. The van der Waals surface area contributed by atoms with Gasteiger partial charge in [0, 0.05) is 18.0 Å². The summed E-state index contributed by atoms with van der Waals surface area (Å²) in [4.78, 5) is 10.8. The fraction of sp³-hybridized carbons (Fsp3) is 0.100. The summed E-state index contributed by atoms with van der Waals surface area (Å²) in [5.41, 5.74) is 1.26. The topological polar surface area (TPSA) is 42.2 Å². The molecule has 3 heteroatoms. The summed E-state index contributed by atoms with van der Waals surface area (Å²) in [6.07, 6.45) is 0. The van der Waals surface area contributed by atoms with E-state index in [0.29, 0.717) is 5.69 Å². The molecule has 2 rings (SSSR count). The van der Waals surface area contributed by atoms with Crippen LogP contribution in [-0.4, -0.2) is 15.6 Å². The molecular formula is C10H9NO2. The van der Waals surface area contributed by atoms with Crippen LogP contribution in [-0.2, 0) is 7.05 Å². The second-order valence-electron chi connectivity index (χ2n) is 2.95. The summed E-state index contributed by atoms with van der Waals surface area (Å²) >= 11 is 0. The highest BCUT2D eigenvalue weighted by Crippen LogP contribution is 2.17. The molecule has 66 valence electrons. The predicted molar refractivity (Wildman–Crippen MR) is 49.9 cm³/mol. The number of hydrogen-bond donors (Lipinski definition) is 1. The number of para-hydroxylation sites is 1. The van der Waals surface area contributed by atoms with Crippen molar-refractivity contribution in [1.29, 1.82) is 0 Å².